The van der Waals surface area contributed by atoms with E-state index in [0.717, 1.165) is 32.5 Å². The van der Waals surface area contributed by atoms with Crippen LogP contribution in [0, 0.1) is 5.92 Å². The number of likely N-dealkylation sites (tertiary alicyclic amines) is 1. The predicted molar refractivity (Wildman–Crippen MR) is 96.6 cm³/mol. The summed E-state index contributed by atoms with van der Waals surface area (Å²) in [5, 5.41) is 11.1. The van der Waals surface area contributed by atoms with E-state index in [9.17, 15) is 13.2 Å². The molecular formula is C16H25N3O4S2. The lowest BCUT2D eigenvalue weighted by Crippen LogP contribution is -2.51. The van der Waals surface area contributed by atoms with E-state index < -0.39 is 22.1 Å². The van der Waals surface area contributed by atoms with Gasteiger partial charge in [-0.05, 0) is 37.1 Å². The van der Waals surface area contributed by atoms with Crippen LogP contribution in [-0.4, -0.2) is 60.9 Å². The third-order valence-corrected chi connectivity index (χ3v) is 7.54. The number of hydrogen-bond donors (Lipinski definition) is 2. The highest BCUT2D eigenvalue weighted by atomic mass is 32.2. The summed E-state index contributed by atoms with van der Waals surface area (Å²) in [6.45, 7) is 3.26. The standard InChI is InChI=1S/C16H25N3O4S2/c20-16(21)13-3-9-19(10-4-13)25(22,23)17-14-5-7-18(8-6-14)12-15-2-1-11-24-15/h1-2,11,13-14,17H,3-10,12H2,(H,20,21). The van der Waals surface area contributed by atoms with E-state index in [1.54, 1.807) is 11.3 Å². The molecule has 2 N–H and O–H groups in total. The summed E-state index contributed by atoms with van der Waals surface area (Å²) in [7, 11) is -3.53. The Balaban J connectivity index is 1.45. The number of nitrogens with one attached hydrogen (secondary N) is 1. The number of hydrogen-bond acceptors (Lipinski definition) is 5. The minimum absolute atomic E-state index is 0.0400. The molecule has 2 saturated heterocycles. The van der Waals surface area contributed by atoms with Gasteiger partial charge in [0.25, 0.3) is 10.2 Å². The fourth-order valence-corrected chi connectivity index (χ4v) is 5.70. The van der Waals surface area contributed by atoms with Crippen molar-refractivity contribution in [3.05, 3.63) is 22.4 Å². The van der Waals surface area contributed by atoms with Gasteiger partial charge in [0.1, 0.15) is 0 Å². The van der Waals surface area contributed by atoms with Crippen LogP contribution < -0.4 is 4.72 Å². The zero-order valence-corrected chi connectivity index (χ0v) is 15.8. The first-order valence-corrected chi connectivity index (χ1v) is 11.0. The van der Waals surface area contributed by atoms with Crippen molar-refractivity contribution in [3.63, 3.8) is 0 Å². The van der Waals surface area contributed by atoms with Crippen LogP contribution in [0.2, 0.25) is 0 Å². The molecule has 2 aliphatic rings. The highest BCUT2D eigenvalue weighted by Gasteiger charge is 2.33. The van der Waals surface area contributed by atoms with Crippen molar-refractivity contribution in [1.82, 2.24) is 13.9 Å². The Hall–Kier alpha value is -1.00. The van der Waals surface area contributed by atoms with Gasteiger partial charge < -0.3 is 5.11 Å². The molecule has 1 aromatic rings. The number of rotatable bonds is 6. The summed E-state index contributed by atoms with van der Waals surface area (Å²) in [4.78, 5) is 14.7. The normalized spacial score (nSPS) is 22.2. The maximum atomic E-state index is 12.5. The second-order valence-electron chi connectivity index (χ2n) is 6.76. The smallest absolute Gasteiger partial charge is 0.306 e. The van der Waals surface area contributed by atoms with Gasteiger partial charge in [0.05, 0.1) is 5.92 Å². The number of carboxylic acids is 1. The number of piperidine rings is 2. The quantitative estimate of drug-likeness (QED) is 0.769. The molecule has 0 radical (unpaired) electrons. The van der Waals surface area contributed by atoms with Crippen molar-refractivity contribution in [2.24, 2.45) is 5.92 Å². The molecule has 0 bridgehead atoms. The summed E-state index contributed by atoms with van der Waals surface area (Å²) in [6, 6.07) is 4.14. The lowest BCUT2D eigenvalue weighted by Gasteiger charge is -2.34. The first-order valence-electron chi connectivity index (χ1n) is 8.69. The molecule has 3 heterocycles. The fraction of sp³-hybridized carbons (Fsp3) is 0.688. The predicted octanol–water partition coefficient (Wildman–Crippen LogP) is 1.34. The molecule has 3 rings (SSSR count). The third kappa shape index (κ3) is 5.01. The second-order valence-corrected chi connectivity index (χ2v) is 9.50. The van der Waals surface area contributed by atoms with E-state index in [4.69, 9.17) is 5.11 Å². The molecule has 7 nitrogen and oxygen atoms in total. The molecule has 0 amide bonds. The molecule has 2 aliphatic heterocycles. The molecule has 1 aromatic heterocycles. The minimum Gasteiger partial charge on any atom is -0.481 e. The van der Waals surface area contributed by atoms with Gasteiger partial charge in [-0.25, -0.2) is 0 Å². The van der Waals surface area contributed by atoms with Crippen LogP contribution >= 0.6 is 11.3 Å². The fourth-order valence-electron chi connectivity index (χ4n) is 3.46. The van der Waals surface area contributed by atoms with Crippen molar-refractivity contribution in [3.8, 4) is 0 Å². The monoisotopic (exact) mass is 387 g/mol. The number of aliphatic carboxylic acids is 1. The second kappa shape index (κ2) is 8.13. The molecule has 0 saturated carbocycles. The van der Waals surface area contributed by atoms with E-state index in [-0.39, 0.29) is 19.1 Å². The van der Waals surface area contributed by atoms with Gasteiger partial charge in [-0.15, -0.1) is 11.3 Å². The molecule has 2 fully saturated rings. The SMILES string of the molecule is O=C(O)C1CCN(S(=O)(=O)NC2CCN(Cc3cccs3)CC2)CC1. The van der Waals surface area contributed by atoms with Gasteiger partial charge in [0.2, 0.25) is 0 Å². The Morgan fingerprint density at radius 3 is 2.44 bits per heavy atom. The number of carboxylic acid groups (broad SMARTS) is 1. The van der Waals surface area contributed by atoms with Gasteiger partial charge in [-0.3, -0.25) is 9.69 Å². The molecule has 0 atom stereocenters. The van der Waals surface area contributed by atoms with Crippen molar-refractivity contribution < 1.29 is 18.3 Å². The van der Waals surface area contributed by atoms with Gasteiger partial charge in [-0.2, -0.15) is 17.4 Å². The number of thiophene rings is 1. The lowest BCUT2D eigenvalue weighted by atomic mass is 9.99. The van der Waals surface area contributed by atoms with E-state index in [0.29, 0.717) is 12.8 Å². The molecule has 9 heteroatoms. The van der Waals surface area contributed by atoms with E-state index in [2.05, 4.69) is 27.1 Å². The molecular weight excluding hydrogens is 362 g/mol. The topological polar surface area (TPSA) is 90.0 Å². The zero-order valence-electron chi connectivity index (χ0n) is 14.1. The Morgan fingerprint density at radius 1 is 1.20 bits per heavy atom. The summed E-state index contributed by atoms with van der Waals surface area (Å²) >= 11 is 1.75. The van der Waals surface area contributed by atoms with Crippen LogP contribution in [0.3, 0.4) is 0 Å². The van der Waals surface area contributed by atoms with Crippen LogP contribution in [0.5, 0.6) is 0 Å². The van der Waals surface area contributed by atoms with E-state index in [1.807, 2.05) is 0 Å². The van der Waals surface area contributed by atoms with Gasteiger partial charge >= 0.3 is 5.97 Å². The average Bonchev–Trinajstić information content (AvgIpc) is 3.09. The number of nitrogens with zero attached hydrogens (tertiary/aromatic N) is 2. The highest BCUT2D eigenvalue weighted by Crippen LogP contribution is 2.21. The Labute approximate surface area is 152 Å². The van der Waals surface area contributed by atoms with Crippen LogP contribution in [0.25, 0.3) is 0 Å². The first kappa shape index (κ1) is 18.8. The Bertz CT molecular complexity index is 662. The van der Waals surface area contributed by atoms with Crippen LogP contribution in [0.1, 0.15) is 30.6 Å². The lowest BCUT2D eigenvalue weighted by molar-refractivity contribution is -0.142. The van der Waals surface area contributed by atoms with Gasteiger partial charge in [0, 0.05) is 43.6 Å². The molecule has 0 unspecified atom stereocenters. The summed E-state index contributed by atoms with van der Waals surface area (Å²) in [5.74, 6) is -1.25. The van der Waals surface area contributed by atoms with E-state index in [1.165, 1.54) is 9.18 Å². The largest absolute Gasteiger partial charge is 0.481 e. The number of carbonyl (C=O) groups is 1. The van der Waals surface area contributed by atoms with Crippen molar-refractivity contribution >= 4 is 27.5 Å². The van der Waals surface area contributed by atoms with Crippen LogP contribution in [-0.2, 0) is 21.5 Å². The summed E-state index contributed by atoms with van der Waals surface area (Å²) in [6.07, 6.45) is 2.37. The van der Waals surface area contributed by atoms with Crippen molar-refractivity contribution in [1.29, 1.82) is 0 Å². The molecule has 140 valence electrons. The molecule has 0 spiro atoms. The maximum absolute atomic E-state index is 12.5. The molecule has 25 heavy (non-hydrogen) atoms. The van der Waals surface area contributed by atoms with Crippen molar-refractivity contribution in [2.75, 3.05) is 26.2 Å². The highest BCUT2D eigenvalue weighted by molar-refractivity contribution is 7.87. The maximum Gasteiger partial charge on any atom is 0.306 e. The minimum atomic E-state index is -3.53. The first-order chi connectivity index (χ1) is 11.9. The van der Waals surface area contributed by atoms with Gasteiger partial charge in [0.15, 0.2) is 0 Å². The Kier molecular flexibility index (Phi) is 6.11. The Morgan fingerprint density at radius 2 is 1.88 bits per heavy atom. The van der Waals surface area contributed by atoms with Crippen LogP contribution in [0.15, 0.2) is 17.5 Å². The molecule has 0 aliphatic carbocycles. The van der Waals surface area contributed by atoms with Crippen molar-refractivity contribution in [2.45, 2.75) is 38.3 Å². The van der Waals surface area contributed by atoms with Crippen LogP contribution in [0.4, 0.5) is 0 Å². The van der Waals surface area contributed by atoms with Gasteiger partial charge in [-0.1, -0.05) is 6.07 Å². The zero-order chi connectivity index (χ0) is 17.9. The molecule has 0 aromatic carbocycles. The summed E-state index contributed by atoms with van der Waals surface area (Å²) in [5.41, 5.74) is 0. The summed E-state index contributed by atoms with van der Waals surface area (Å²) < 4.78 is 29.3. The third-order valence-electron chi connectivity index (χ3n) is 5.01. The van der Waals surface area contributed by atoms with E-state index >= 15 is 0 Å². The average molecular weight is 388 g/mol.